The second-order valence-electron chi connectivity index (χ2n) is 4.18. The van der Waals surface area contributed by atoms with Crippen molar-refractivity contribution in [3.8, 4) is 0 Å². The van der Waals surface area contributed by atoms with Crippen molar-refractivity contribution in [2.24, 2.45) is 0 Å². The van der Waals surface area contributed by atoms with Gasteiger partial charge in [-0.1, -0.05) is 22.9 Å². The summed E-state index contributed by atoms with van der Waals surface area (Å²) in [5.41, 5.74) is 7.79. The van der Waals surface area contributed by atoms with E-state index in [0.717, 1.165) is 29.7 Å². The monoisotopic (exact) mass is 324 g/mol. The lowest BCUT2D eigenvalue weighted by Gasteiger charge is -2.07. The van der Waals surface area contributed by atoms with E-state index >= 15 is 0 Å². The van der Waals surface area contributed by atoms with E-state index in [4.69, 9.17) is 5.73 Å². The summed E-state index contributed by atoms with van der Waals surface area (Å²) in [5.74, 6) is 0. The highest BCUT2D eigenvalue weighted by Crippen LogP contribution is 2.20. The van der Waals surface area contributed by atoms with Gasteiger partial charge >= 0.3 is 0 Å². The molecule has 1 heterocycles. The van der Waals surface area contributed by atoms with Crippen LogP contribution in [0.5, 0.6) is 0 Å². The fourth-order valence-corrected chi connectivity index (χ4v) is 3.07. The molecule has 4 heteroatoms. The molecule has 0 radical (unpaired) electrons. The SMILES string of the molecule is CCc1ccc(CNCc2cc(N)ccc2Br)s1. The van der Waals surface area contributed by atoms with E-state index < -0.39 is 0 Å². The molecule has 2 rings (SSSR count). The van der Waals surface area contributed by atoms with Gasteiger partial charge in [0.1, 0.15) is 0 Å². The quantitative estimate of drug-likeness (QED) is 0.817. The van der Waals surface area contributed by atoms with Crippen LogP contribution in [0.2, 0.25) is 0 Å². The fraction of sp³-hybridized carbons (Fsp3) is 0.286. The van der Waals surface area contributed by atoms with Crippen molar-refractivity contribution in [1.82, 2.24) is 5.32 Å². The Bertz CT molecular complexity index is 522. The Morgan fingerprint density at radius 1 is 1.17 bits per heavy atom. The molecule has 0 aliphatic carbocycles. The third kappa shape index (κ3) is 3.57. The van der Waals surface area contributed by atoms with Gasteiger partial charge in [-0.05, 0) is 42.3 Å². The molecule has 0 fully saturated rings. The van der Waals surface area contributed by atoms with E-state index in [1.807, 2.05) is 29.5 Å². The van der Waals surface area contributed by atoms with Crippen molar-refractivity contribution < 1.29 is 0 Å². The van der Waals surface area contributed by atoms with Crippen LogP contribution in [0.4, 0.5) is 5.69 Å². The zero-order valence-electron chi connectivity index (χ0n) is 10.4. The Morgan fingerprint density at radius 3 is 2.67 bits per heavy atom. The van der Waals surface area contributed by atoms with E-state index in [1.54, 1.807) is 0 Å². The first-order valence-corrected chi connectivity index (χ1v) is 7.62. The molecule has 2 nitrogen and oxygen atoms in total. The standard InChI is InChI=1S/C14H17BrN2S/c1-2-12-4-5-13(18-12)9-17-8-10-7-11(16)3-6-14(10)15/h3-7,17H,2,8-9,16H2,1H3. The summed E-state index contributed by atoms with van der Waals surface area (Å²) in [5, 5.41) is 3.45. The maximum Gasteiger partial charge on any atom is 0.0318 e. The molecule has 0 spiro atoms. The number of nitrogens with one attached hydrogen (secondary N) is 1. The van der Waals surface area contributed by atoms with Gasteiger partial charge in [-0.3, -0.25) is 0 Å². The van der Waals surface area contributed by atoms with Crippen LogP contribution in [0.3, 0.4) is 0 Å². The van der Waals surface area contributed by atoms with Gasteiger partial charge in [0, 0.05) is 33.0 Å². The maximum absolute atomic E-state index is 5.79. The van der Waals surface area contributed by atoms with Gasteiger partial charge in [-0.15, -0.1) is 11.3 Å². The highest BCUT2D eigenvalue weighted by atomic mass is 79.9. The van der Waals surface area contributed by atoms with Crippen molar-refractivity contribution >= 4 is 33.0 Å². The molecule has 1 aromatic carbocycles. The first kappa shape index (κ1) is 13.6. The molecular formula is C14H17BrN2S. The molecule has 0 amide bonds. The van der Waals surface area contributed by atoms with Gasteiger partial charge < -0.3 is 11.1 Å². The lowest BCUT2D eigenvalue weighted by Crippen LogP contribution is -2.12. The largest absolute Gasteiger partial charge is 0.399 e. The van der Waals surface area contributed by atoms with Crippen LogP contribution >= 0.6 is 27.3 Å². The van der Waals surface area contributed by atoms with Crippen molar-refractivity contribution in [3.05, 3.63) is 50.1 Å². The third-order valence-corrected chi connectivity index (χ3v) is 4.75. The van der Waals surface area contributed by atoms with Crippen LogP contribution < -0.4 is 11.1 Å². The summed E-state index contributed by atoms with van der Waals surface area (Å²) in [6, 6.07) is 10.3. The summed E-state index contributed by atoms with van der Waals surface area (Å²) in [6.07, 6.45) is 1.12. The Kier molecular flexibility index (Phi) is 4.80. The molecule has 0 unspecified atom stereocenters. The van der Waals surface area contributed by atoms with E-state index in [9.17, 15) is 0 Å². The zero-order chi connectivity index (χ0) is 13.0. The summed E-state index contributed by atoms with van der Waals surface area (Å²) in [4.78, 5) is 2.82. The topological polar surface area (TPSA) is 38.0 Å². The zero-order valence-corrected chi connectivity index (χ0v) is 12.8. The first-order valence-electron chi connectivity index (χ1n) is 6.01. The lowest BCUT2D eigenvalue weighted by atomic mass is 10.2. The van der Waals surface area contributed by atoms with Gasteiger partial charge in [0.05, 0.1) is 0 Å². The minimum Gasteiger partial charge on any atom is -0.399 e. The van der Waals surface area contributed by atoms with Crippen molar-refractivity contribution in [3.63, 3.8) is 0 Å². The van der Waals surface area contributed by atoms with Gasteiger partial charge in [0.15, 0.2) is 0 Å². The average molecular weight is 325 g/mol. The summed E-state index contributed by atoms with van der Waals surface area (Å²) < 4.78 is 1.10. The summed E-state index contributed by atoms with van der Waals surface area (Å²) >= 11 is 5.42. The second-order valence-corrected chi connectivity index (χ2v) is 6.28. The molecule has 0 aliphatic rings. The fourth-order valence-electron chi connectivity index (χ4n) is 1.76. The smallest absolute Gasteiger partial charge is 0.0318 e. The van der Waals surface area contributed by atoms with Crippen LogP contribution in [-0.2, 0) is 19.5 Å². The normalized spacial score (nSPS) is 10.8. The highest BCUT2D eigenvalue weighted by Gasteiger charge is 2.02. The van der Waals surface area contributed by atoms with Crippen LogP contribution in [0.25, 0.3) is 0 Å². The Labute approximate surface area is 120 Å². The van der Waals surface area contributed by atoms with Gasteiger partial charge in [-0.2, -0.15) is 0 Å². The average Bonchev–Trinajstić information content (AvgIpc) is 2.81. The highest BCUT2D eigenvalue weighted by molar-refractivity contribution is 9.10. The molecule has 1 aromatic heterocycles. The number of hydrogen-bond acceptors (Lipinski definition) is 3. The number of halogens is 1. The molecule has 0 aliphatic heterocycles. The lowest BCUT2D eigenvalue weighted by molar-refractivity contribution is 0.699. The number of benzene rings is 1. The van der Waals surface area contributed by atoms with Gasteiger partial charge in [0.2, 0.25) is 0 Å². The predicted octanol–water partition coefficient (Wildman–Crippen LogP) is 3.95. The minimum atomic E-state index is 0.805. The number of nitrogen functional groups attached to an aromatic ring is 1. The van der Waals surface area contributed by atoms with E-state index in [2.05, 4.69) is 40.3 Å². The van der Waals surface area contributed by atoms with Gasteiger partial charge in [-0.25, -0.2) is 0 Å². The van der Waals surface area contributed by atoms with Crippen LogP contribution in [0, 0.1) is 0 Å². The van der Waals surface area contributed by atoms with E-state index in [-0.39, 0.29) is 0 Å². The molecule has 2 aromatic rings. The van der Waals surface area contributed by atoms with Gasteiger partial charge in [0.25, 0.3) is 0 Å². The number of rotatable bonds is 5. The number of thiophene rings is 1. The Balaban J connectivity index is 1.90. The van der Waals surface area contributed by atoms with Crippen molar-refractivity contribution in [2.45, 2.75) is 26.4 Å². The van der Waals surface area contributed by atoms with Crippen LogP contribution in [0.15, 0.2) is 34.8 Å². The van der Waals surface area contributed by atoms with Crippen molar-refractivity contribution in [1.29, 1.82) is 0 Å². The number of nitrogens with two attached hydrogens (primary N) is 1. The molecule has 0 atom stereocenters. The van der Waals surface area contributed by atoms with Crippen LogP contribution in [0.1, 0.15) is 22.2 Å². The molecule has 96 valence electrons. The van der Waals surface area contributed by atoms with E-state index in [1.165, 1.54) is 15.3 Å². The van der Waals surface area contributed by atoms with Crippen LogP contribution in [-0.4, -0.2) is 0 Å². The number of hydrogen-bond donors (Lipinski definition) is 2. The Morgan fingerprint density at radius 2 is 1.94 bits per heavy atom. The third-order valence-electron chi connectivity index (χ3n) is 2.75. The van der Waals surface area contributed by atoms with Crippen molar-refractivity contribution in [2.75, 3.05) is 5.73 Å². The molecule has 3 N–H and O–H groups in total. The molecule has 0 saturated heterocycles. The molecule has 0 bridgehead atoms. The minimum absolute atomic E-state index is 0.805. The predicted molar refractivity (Wildman–Crippen MR) is 82.8 cm³/mol. The number of anilines is 1. The Hall–Kier alpha value is -0.840. The summed E-state index contributed by atoms with van der Waals surface area (Å²) in [7, 11) is 0. The molecular weight excluding hydrogens is 308 g/mol. The maximum atomic E-state index is 5.79. The number of aryl methyl sites for hydroxylation is 1. The first-order chi connectivity index (χ1) is 8.69. The molecule has 18 heavy (non-hydrogen) atoms. The second kappa shape index (κ2) is 6.36. The summed E-state index contributed by atoms with van der Waals surface area (Å²) in [6.45, 7) is 3.92. The van der Waals surface area contributed by atoms with E-state index in [0.29, 0.717) is 0 Å². The molecule has 0 saturated carbocycles.